The van der Waals surface area contributed by atoms with Crippen LogP contribution in [0.4, 0.5) is 14.5 Å². The van der Waals surface area contributed by atoms with Crippen LogP contribution in [0.3, 0.4) is 0 Å². The summed E-state index contributed by atoms with van der Waals surface area (Å²) in [6, 6.07) is 12.8. The van der Waals surface area contributed by atoms with E-state index >= 15 is 0 Å². The van der Waals surface area contributed by atoms with Gasteiger partial charge in [0, 0.05) is 30.0 Å². The number of methoxy groups -OCH3 is 1. The average Bonchev–Trinajstić information content (AvgIpc) is 3.71. The average molecular weight is 574 g/mol. The molecule has 220 valence electrons. The van der Waals surface area contributed by atoms with Gasteiger partial charge in [0.25, 0.3) is 0 Å². The molecule has 0 saturated heterocycles. The summed E-state index contributed by atoms with van der Waals surface area (Å²) in [4.78, 5) is 20.9. The van der Waals surface area contributed by atoms with Crippen LogP contribution in [0.15, 0.2) is 47.0 Å². The summed E-state index contributed by atoms with van der Waals surface area (Å²) in [6.07, 6.45) is 10.2. The molecule has 0 aliphatic heterocycles. The fourth-order valence-electron chi connectivity index (χ4n) is 8.60. The highest BCUT2D eigenvalue weighted by Gasteiger charge is 2.69. The number of benzene rings is 2. The second-order valence-electron chi connectivity index (χ2n) is 14.2. The number of carbonyl (C=O) groups is 1. The maximum Gasteiger partial charge on any atom is 0.232 e. The normalized spacial score (nSPS) is 32.6. The first kappa shape index (κ1) is 26.3. The summed E-state index contributed by atoms with van der Waals surface area (Å²) in [5.41, 5.74) is 1.33. The quantitative estimate of drug-likeness (QED) is 0.263. The Morgan fingerprint density at radius 2 is 1.71 bits per heavy atom. The minimum atomic E-state index is -1.03. The first-order chi connectivity index (χ1) is 20.2. The van der Waals surface area contributed by atoms with Gasteiger partial charge in [-0.05, 0) is 117 Å². The lowest BCUT2D eigenvalue weighted by Gasteiger charge is -2.66. The predicted molar refractivity (Wildman–Crippen MR) is 154 cm³/mol. The number of carbonyl (C=O) groups excluding carboxylic acids is 1. The Bertz CT molecular complexity index is 1520. The van der Waals surface area contributed by atoms with Gasteiger partial charge in [-0.3, -0.25) is 4.79 Å². The zero-order chi connectivity index (χ0) is 28.7. The van der Waals surface area contributed by atoms with Gasteiger partial charge >= 0.3 is 0 Å². The van der Waals surface area contributed by atoms with Crippen LogP contribution >= 0.6 is 0 Å². The van der Waals surface area contributed by atoms with Crippen molar-refractivity contribution in [2.24, 2.45) is 10.8 Å². The largest absolute Gasteiger partial charge is 0.494 e. The molecule has 1 amide bonds. The van der Waals surface area contributed by atoms with Crippen molar-refractivity contribution < 1.29 is 22.8 Å². The van der Waals surface area contributed by atoms with Gasteiger partial charge in [-0.15, -0.1) is 0 Å². The van der Waals surface area contributed by atoms with E-state index in [1.807, 2.05) is 29.2 Å². The van der Waals surface area contributed by atoms with Crippen molar-refractivity contribution in [3.8, 4) is 16.9 Å². The molecule has 0 radical (unpaired) electrons. The Morgan fingerprint density at radius 1 is 1.00 bits per heavy atom. The van der Waals surface area contributed by atoms with Gasteiger partial charge in [0.1, 0.15) is 5.67 Å². The van der Waals surface area contributed by atoms with Crippen molar-refractivity contribution in [2.75, 3.05) is 18.6 Å². The van der Waals surface area contributed by atoms with E-state index in [4.69, 9.17) is 14.2 Å². The maximum absolute atomic E-state index is 14.4. The number of hydrogen-bond donors (Lipinski definition) is 0. The Morgan fingerprint density at radius 3 is 2.38 bits per heavy atom. The van der Waals surface area contributed by atoms with E-state index in [1.54, 1.807) is 12.1 Å². The summed E-state index contributed by atoms with van der Waals surface area (Å²) in [6.45, 7) is 0.645. The molecule has 8 heteroatoms. The third-order valence-corrected chi connectivity index (χ3v) is 11.3. The van der Waals surface area contributed by atoms with Crippen molar-refractivity contribution in [1.29, 1.82) is 0 Å². The fourth-order valence-corrected chi connectivity index (χ4v) is 8.60. The van der Waals surface area contributed by atoms with E-state index in [-0.39, 0.29) is 27.9 Å². The molecule has 7 aliphatic carbocycles. The van der Waals surface area contributed by atoms with Gasteiger partial charge < -0.3 is 14.2 Å². The monoisotopic (exact) mass is 573 g/mol. The van der Waals surface area contributed by atoms with Crippen LogP contribution < -0.4 is 9.64 Å². The molecule has 1 aromatic heterocycles. The Labute approximate surface area is 244 Å². The van der Waals surface area contributed by atoms with Crippen molar-refractivity contribution in [3.63, 3.8) is 0 Å². The number of halogens is 2. The second kappa shape index (κ2) is 9.10. The van der Waals surface area contributed by atoms with Gasteiger partial charge in [0.05, 0.1) is 7.11 Å². The highest BCUT2D eigenvalue weighted by molar-refractivity contribution is 5.95. The van der Waals surface area contributed by atoms with E-state index in [1.165, 1.54) is 13.2 Å². The highest BCUT2D eigenvalue weighted by atomic mass is 19.1. The molecule has 0 spiro atoms. The zero-order valence-corrected chi connectivity index (χ0v) is 24.1. The molecule has 0 N–H and O–H groups in total. The third-order valence-electron chi connectivity index (χ3n) is 11.3. The molecule has 0 atom stereocenters. The molecule has 7 saturated carbocycles. The SMILES string of the molecule is COc1cc(-c2cccc(N(CC34CCC(c5nc(C6CC6)no5)(CC3)CC4)C(=O)CC34CC(F)(C3)C4)c2)ccc1F. The molecule has 4 bridgehead atoms. The van der Waals surface area contributed by atoms with E-state index in [0.29, 0.717) is 38.1 Å². The summed E-state index contributed by atoms with van der Waals surface area (Å²) in [5, 5.41) is 4.30. The number of ether oxygens (including phenoxy) is 1. The summed E-state index contributed by atoms with van der Waals surface area (Å²) in [5.74, 6) is 2.02. The van der Waals surface area contributed by atoms with Crippen LogP contribution in [-0.4, -0.2) is 35.4 Å². The first-order valence-corrected chi connectivity index (χ1v) is 15.5. The zero-order valence-electron chi connectivity index (χ0n) is 24.1. The molecule has 42 heavy (non-hydrogen) atoms. The lowest BCUT2D eigenvalue weighted by molar-refractivity contribution is -0.215. The number of aromatic nitrogens is 2. The minimum absolute atomic E-state index is 0.0204. The smallest absolute Gasteiger partial charge is 0.232 e. The van der Waals surface area contributed by atoms with E-state index in [0.717, 1.165) is 79.9 Å². The molecule has 7 aliphatic rings. The van der Waals surface area contributed by atoms with Gasteiger partial charge in [-0.25, -0.2) is 8.78 Å². The molecular weight excluding hydrogens is 536 g/mol. The number of alkyl halides is 1. The van der Waals surface area contributed by atoms with E-state index < -0.39 is 11.5 Å². The molecule has 10 rings (SSSR count). The van der Waals surface area contributed by atoms with Crippen LogP contribution in [0.25, 0.3) is 11.1 Å². The van der Waals surface area contributed by atoms with Crippen LogP contribution in [0, 0.1) is 16.6 Å². The van der Waals surface area contributed by atoms with E-state index in [9.17, 15) is 13.6 Å². The number of nitrogens with zero attached hydrogens (tertiary/aromatic N) is 3. The van der Waals surface area contributed by atoms with Crippen molar-refractivity contribution in [3.05, 3.63) is 60.0 Å². The highest BCUT2D eigenvalue weighted by Crippen LogP contribution is 2.71. The van der Waals surface area contributed by atoms with Crippen molar-refractivity contribution in [2.45, 2.75) is 94.1 Å². The standard InChI is InChI=1S/C34H37F2N3O3/c1-41-27-16-24(7-8-26(27)35)23-3-2-4-25(15-23)39(28(40)17-32-18-34(36,19-32)20-32)21-31-9-12-33(13-10-31,14-11-31)30-37-29(38-42-30)22-5-6-22/h2-4,7-8,15-16,22H,5-6,9-14,17-21H2,1H3. The molecule has 2 aromatic carbocycles. The number of amides is 1. The molecule has 1 heterocycles. The number of rotatable bonds is 9. The van der Waals surface area contributed by atoms with Crippen LogP contribution in [-0.2, 0) is 10.2 Å². The summed E-state index contributed by atoms with van der Waals surface area (Å²) in [7, 11) is 1.46. The Balaban J connectivity index is 1.06. The van der Waals surface area contributed by atoms with Crippen LogP contribution in [0.5, 0.6) is 5.75 Å². The summed E-state index contributed by atoms with van der Waals surface area (Å²) < 4.78 is 39.5. The van der Waals surface area contributed by atoms with Gasteiger partial charge in [0.15, 0.2) is 17.4 Å². The predicted octanol–water partition coefficient (Wildman–Crippen LogP) is 7.67. The fraction of sp³-hybridized carbons (Fsp3) is 0.559. The Hall–Kier alpha value is -3.29. The minimum Gasteiger partial charge on any atom is -0.494 e. The lowest BCUT2D eigenvalue weighted by atomic mass is 9.41. The number of fused-ring (bicyclic) bond motifs is 3. The summed E-state index contributed by atoms with van der Waals surface area (Å²) >= 11 is 0. The first-order valence-electron chi connectivity index (χ1n) is 15.5. The molecular formula is C34H37F2N3O3. The third kappa shape index (κ3) is 4.27. The second-order valence-corrected chi connectivity index (χ2v) is 14.2. The molecule has 7 fully saturated rings. The van der Waals surface area contributed by atoms with Gasteiger partial charge in [-0.2, -0.15) is 4.98 Å². The van der Waals surface area contributed by atoms with Crippen molar-refractivity contribution >= 4 is 11.6 Å². The molecule has 3 aromatic rings. The van der Waals surface area contributed by atoms with Gasteiger partial charge in [0.2, 0.25) is 11.8 Å². The number of hydrogen-bond acceptors (Lipinski definition) is 5. The van der Waals surface area contributed by atoms with E-state index in [2.05, 4.69) is 5.16 Å². The topological polar surface area (TPSA) is 68.5 Å². The van der Waals surface area contributed by atoms with Crippen molar-refractivity contribution in [1.82, 2.24) is 10.1 Å². The molecule has 0 unspecified atom stereocenters. The number of anilines is 1. The lowest BCUT2D eigenvalue weighted by Crippen LogP contribution is -2.65. The van der Waals surface area contributed by atoms with Crippen LogP contribution in [0.1, 0.15) is 94.7 Å². The van der Waals surface area contributed by atoms with Gasteiger partial charge in [-0.1, -0.05) is 23.4 Å². The maximum atomic E-state index is 14.4. The molecule has 6 nitrogen and oxygen atoms in total. The van der Waals surface area contributed by atoms with Crippen LogP contribution in [0.2, 0.25) is 0 Å². The Kier molecular flexibility index (Phi) is 5.71.